The van der Waals surface area contributed by atoms with E-state index in [9.17, 15) is 4.79 Å². The summed E-state index contributed by atoms with van der Waals surface area (Å²) in [6.45, 7) is 1.71. The van der Waals surface area contributed by atoms with Crippen LogP contribution in [-0.4, -0.2) is 32.1 Å². The zero-order chi connectivity index (χ0) is 17.8. The molecule has 1 unspecified atom stereocenters. The largest absolute Gasteiger partial charge is 0.495 e. The Morgan fingerprint density at radius 2 is 2.12 bits per heavy atom. The van der Waals surface area contributed by atoms with Gasteiger partial charge in [0.1, 0.15) is 5.75 Å². The molecule has 132 valence electrons. The number of para-hydroxylation sites is 2. The van der Waals surface area contributed by atoms with Crippen LogP contribution < -0.4 is 15.0 Å². The van der Waals surface area contributed by atoms with Crippen LogP contribution in [0.15, 0.2) is 46.9 Å². The molecule has 4 nitrogen and oxygen atoms in total. The normalized spacial score (nSPS) is 17.2. The monoisotopic (exact) mass is 422 g/mol. The van der Waals surface area contributed by atoms with Gasteiger partial charge in [0.2, 0.25) is 0 Å². The number of rotatable bonds is 4. The molecule has 1 heterocycles. The molecule has 1 atom stereocenters. The van der Waals surface area contributed by atoms with E-state index in [-0.39, 0.29) is 11.9 Å². The van der Waals surface area contributed by atoms with Crippen molar-refractivity contribution in [1.29, 1.82) is 0 Å². The molecule has 1 N–H and O–H groups in total. The van der Waals surface area contributed by atoms with Crippen molar-refractivity contribution in [3.05, 3.63) is 57.5 Å². The molecule has 0 radical (unpaired) electrons. The Hall–Kier alpha value is -1.72. The lowest BCUT2D eigenvalue weighted by molar-refractivity contribution is 0.0932. The van der Waals surface area contributed by atoms with Gasteiger partial charge >= 0.3 is 0 Å². The summed E-state index contributed by atoms with van der Waals surface area (Å²) in [7, 11) is 1.68. The Morgan fingerprint density at radius 1 is 1.32 bits per heavy atom. The molecule has 2 aromatic rings. The molecule has 1 saturated heterocycles. The Bertz CT molecular complexity index is 769. The molecule has 25 heavy (non-hydrogen) atoms. The van der Waals surface area contributed by atoms with Gasteiger partial charge in [-0.1, -0.05) is 23.7 Å². The van der Waals surface area contributed by atoms with Gasteiger partial charge in [0.25, 0.3) is 5.91 Å². The number of amides is 1. The summed E-state index contributed by atoms with van der Waals surface area (Å²) in [5.41, 5.74) is 1.62. The molecular formula is C19H20BrClN2O2. The standard InChI is InChI=1S/C19H20BrClN2O2/c1-25-18-7-3-2-6-17(18)23-10-4-5-14(12-23)22-19(24)15-11-13(21)8-9-16(15)20/h2-3,6-9,11,14H,4-5,10,12H2,1H3,(H,22,24). The molecule has 0 spiro atoms. The second kappa shape index (κ2) is 8.11. The fourth-order valence-corrected chi connectivity index (χ4v) is 3.74. The quantitative estimate of drug-likeness (QED) is 0.787. The summed E-state index contributed by atoms with van der Waals surface area (Å²) < 4.78 is 6.21. The molecule has 1 aliphatic heterocycles. The minimum Gasteiger partial charge on any atom is -0.495 e. The van der Waals surface area contributed by atoms with Crippen molar-refractivity contribution >= 4 is 39.1 Å². The Morgan fingerprint density at radius 3 is 2.92 bits per heavy atom. The number of nitrogens with zero attached hydrogens (tertiary/aromatic N) is 1. The lowest BCUT2D eigenvalue weighted by Crippen LogP contribution is -2.48. The van der Waals surface area contributed by atoms with E-state index < -0.39 is 0 Å². The third-order valence-electron chi connectivity index (χ3n) is 4.36. The van der Waals surface area contributed by atoms with E-state index in [4.69, 9.17) is 16.3 Å². The van der Waals surface area contributed by atoms with Gasteiger partial charge in [0.15, 0.2) is 0 Å². The topological polar surface area (TPSA) is 41.6 Å². The third-order valence-corrected chi connectivity index (χ3v) is 5.28. The molecule has 0 aliphatic carbocycles. The number of ether oxygens (including phenoxy) is 1. The number of benzene rings is 2. The van der Waals surface area contributed by atoms with Crippen molar-refractivity contribution < 1.29 is 9.53 Å². The molecule has 6 heteroatoms. The number of hydrogen-bond acceptors (Lipinski definition) is 3. The molecule has 2 aromatic carbocycles. The average molecular weight is 424 g/mol. The van der Waals surface area contributed by atoms with Crippen LogP contribution in [0.2, 0.25) is 5.02 Å². The molecule has 3 rings (SSSR count). The molecule has 1 fully saturated rings. The van der Waals surface area contributed by atoms with Gasteiger partial charge in [-0.25, -0.2) is 0 Å². The maximum atomic E-state index is 12.6. The van der Waals surface area contributed by atoms with Crippen LogP contribution in [-0.2, 0) is 0 Å². The van der Waals surface area contributed by atoms with Crippen LogP contribution in [0.1, 0.15) is 23.2 Å². The Labute approximate surface area is 161 Å². The number of methoxy groups -OCH3 is 1. The van der Waals surface area contributed by atoms with E-state index >= 15 is 0 Å². The highest BCUT2D eigenvalue weighted by atomic mass is 79.9. The van der Waals surface area contributed by atoms with Crippen molar-refractivity contribution in [3.8, 4) is 5.75 Å². The van der Waals surface area contributed by atoms with Gasteiger partial charge in [-0.2, -0.15) is 0 Å². The molecular weight excluding hydrogens is 404 g/mol. The predicted octanol–water partition coefficient (Wildman–Crippen LogP) is 4.51. The van der Waals surface area contributed by atoms with Gasteiger partial charge in [0, 0.05) is 28.6 Å². The minimum atomic E-state index is -0.110. The highest BCUT2D eigenvalue weighted by Crippen LogP contribution is 2.30. The predicted molar refractivity (Wildman–Crippen MR) is 105 cm³/mol. The van der Waals surface area contributed by atoms with Crippen molar-refractivity contribution in [2.45, 2.75) is 18.9 Å². The van der Waals surface area contributed by atoms with Crippen LogP contribution in [0.4, 0.5) is 5.69 Å². The lowest BCUT2D eigenvalue weighted by Gasteiger charge is -2.35. The Balaban J connectivity index is 1.71. The number of hydrogen-bond donors (Lipinski definition) is 1. The van der Waals surface area contributed by atoms with Crippen LogP contribution in [0, 0.1) is 0 Å². The highest BCUT2D eigenvalue weighted by molar-refractivity contribution is 9.10. The number of anilines is 1. The van der Waals surface area contributed by atoms with E-state index in [1.165, 1.54) is 0 Å². The smallest absolute Gasteiger partial charge is 0.252 e. The fraction of sp³-hybridized carbons (Fsp3) is 0.316. The SMILES string of the molecule is COc1ccccc1N1CCCC(NC(=O)c2cc(Cl)ccc2Br)C1. The molecule has 0 aromatic heterocycles. The zero-order valence-corrected chi connectivity index (χ0v) is 16.3. The number of piperidine rings is 1. The number of carbonyl (C=O) groups is 1. The third kappa shape index (κ3) is 4.28. The summed E-state index contributed by atoms with van der Waals surface area (Å²) >= 11 is 9.43. The summed E-state index contributed by atoms with van der Waals surface area (Å²) in [6.07, 6.45) is 1.97. The lowest BCUT2D eigenvalue weighted by atomic mass is 10.0. The second-order valence-corrected chi connectivity index (χ2v) is 7.35. The van der Waals surface area contributed by atoms with Gasteiger partial charge in [-0.05, 0) is 59.1 Å². The van der Waals surface area contributed by atoms with E-state index in [1.807, 2.05) is 18.2 Å². The second-order valence-electron chi connectivity index (χ2n) is 6.05. The van der Waals surface area contributed by atoms with E-state index in [1.54, 1.807) is 25.3 Å². The summed E-state index contributed by atoms with van der Waals surface area (Å²) in [5, 5.41) is 3.68. The first-order valence-electron chi connectivity index (χ1n) is 8.22. The molecule has 0 saturated carbocycles. The highest BCUT2D eigenvalue weighted by Gasteiger charge is 2.24. The molecule has 0 bridgehead atoms. The van der Waals surface area contributed by atoms with Crippen LogP contribution >= 0.6 is 27.5 Å². The van der Waals surface area contributed by atoms with E-state index in [0.717, 1.165) is 41.8 Å². The first-order valence-corrected chi connectivity index (χ1v) is 9.39. The zero-order valence-electron chi connectivity index (χ0n) is 14.0. The maximum Gasteiger partial charge on any atom is 0.252 e. The van der Waals surface area contributed by atoms with Crippen molar-refractivity contribution in [1.82, 2.24) is 5.32 Å². The average Bonchev–Trinajstić information content (AvgIpc) is 2.63. The molecule has 1 amide bonds. The number of halogens is 2. The van der Waals surface area contributed by atoms with Crippen LogP contribution in [0.5, 0.6) is 5.75 Å². The van der Waals surface area contributed by atoms with Gasteiger partial charge < -0.3 is 15.0 Å². The number of nitrogens with one attached hydrogen (secondary N) is 1. The van der Waals surface area contributed by atoms with Gasteiger partial charge in [-0.3, -0.25) is 4.79 Å². The van der Waals surface area contributed by atoms with Crippen molar-refractivity contribution in [2.75, 3.05) is 25.1 Å². The van der Waals surface area contributed by atoms with Crippen LogP contribution in [0.3, 0.4) is 0 Å². The summed E-state index contributed by atoms with van der Waals surface area (Å²) in [5.74, 6) is 0.744. The van der Waals surface area contributed by atoms with E-state index in [2.05, 4.69) is 32.2 Å². The summed E-state index contributed by atoms with van der Waals surface area (Å²) in [4.78, 5) is 14.9. The first-order chi connectivity index (χ1) is 12.1. The van der Waals surface area contributed by atoms with Crippen LogP contribution in [0.25, 0.3) is 0 Å². The minimum absolute atomic E-state index is 0.0806. The van der Waals surface area contributed by atoms with E-state index in [0.29, 0.717) is 10.6 Å². The fourth-order valence-electron chi connectivity index (χ4n) is 3.14. The van der Waals surface area contributed by atoms with Crippen molar-refractivity contribution in [3.63, 3.8) is 0 Å². The first kappa shape index (κ1) is 18.1. The number of carbonyl (C=O) groups excluding carboxylic acids is 1. The van der Waals surface area contributed by atoms with Crippen molar-refractivity contribution in [2.24, 2.45) is 0 Å². The summed E-state index contributed by atoms with van der Waals surface area (Å²) in [6, 6.07) is 13.3. The van der Waals surface area contributed by atoms with Gasteiger partial charge in [-0.15, -0.1) is 0 Å². The van der Waals surface area contributed by atoms with Gasteiger partial charge in [0.05, 0.1) is 18.4 Å². The Kier molecular flexibility index (Phi) is 5.86. The maximum absolute atomic E-state index is 12.6. The molecule has 1 aliphatic rings.